The van der Waals surface area contributed by atoms with Gasteiger partial charge in [-0.2, -0.15) is 5.26 Å². The van der Waals surface area contributed by atoms with Crippen molar-refractivity contribution in [3.8, 4) is 6.07 Å². The Hall–Kier alpha value is -2.07. The average Bonchev–Trinajstić information content (AvgIpc) is 2.26. The lowest BCUT2D eigenvalue weighted by atomic mass is 10.3. The summed E-state index contributed by atoms with van der Waals surface area (Å²) in [5.74, 6) is -1.90. The molecule has 0 aromatic rings. The number of carboxylic acid groups (broad SMARTS) is 1. The van der Waals surface area contributed by atoms with Gasteiger partial charge in [0.1, 0.15) is 18.2 Å². The zero-order valence-corrected chi connectivity index (χ0v) is 8.82. The van der Waals surface area contributed by atoms with Gasteiger partial charge in [0.15, 0.2) is 0 Å². The van der Waals surface area contributed by atoms with E-state index >= 15 is 0 Å². The second kappa shape index (κ2) is 8.26. The van der Waals surface area contributed by atoms with Crippen molar-refractivity contribution < 1.29 is 19.4 Å². The number of rotatable bonds is 7. The molecule has 1 amide bonds. The van der Waals surface area contributed by atoms with Gasteiger partial charge in [-0.25, -0.2) is 0 Å². The summed E-state index contributed by atoms with van der Waals surface area (Å²) in [5, 5.41) is 21.7. The molecule has 7 heteroatoms. The number of amides is 1. The number of aliphatic carboxylic acids is 1. The standard InChI is InChI=1S/C9H13N3O4/c1-16-3-2-11-5-7(4-10)9(15)12-6-8(13)14/h5,11H,2-3,6H2,1H3,(H,12,15)(H,13,14)/b7-5-. The Morgan fingerprint density at radius 3 is 2.75 bits per heavy atom. The van der Waals surface area contributed by atoms with Crippen LogP contribution in [0.5, 0.6) is 0 Å². The third-order valence-corrected chi connectivity index (χ3v) is 1.46. The van der Waals surface area contributed by atoms with E-state index in [1.54, 1.807) is 6.07 Å². The number of hydrogen-bond acceptors (Lipinski definition) is 5. The van der Waals surface area contributed by atoms with Gasteiger partial charge in [-0.15, -0.1) is 0 Å². The Morgan fingerprint density at radius 2 is 2.25 bits per heavy atom. The van der Waals surface area contributed by atoms with E-state index < -0.39 is 18.4 Å². The Labute approximate surface area is 92.7 Å². The number of carboxylic acids is 1. The molecule has 0 saturated carbocycles. The molecule has 0 aliphatic rings. The predicted octanol–water partition coefficient (Wildman–Crippen LogP) is -1.17. The first kappa shape index (κ1) is 13.9. The van der Waals surface area contributed by atoms with Gasteiger partial charge in [0, 0.05) is 19.9 Å². The Kier molecular flexibility index (Phi) is 7.19. The summed E-state index contributed by atoms with van der Waals surface area (Å²) in [7, 11) is 1.52. The van der Waals surface area contributed by atoms with Crippen LogP contribution in [-0.2, 0) is 14.3 Å². The molecule has 0 aromatic carbocycles. The maximum absolute atomic E-state index is 11.2. The number of ether oxygens (including phenoxy) is 1. The molecule has 0 saturated heterocycles. The van der Waals surface area contributed by atoms with Crippen molar-refractivity contribution in [1.29, 1.82) is 5.26 Å². The van der Waals surface area contributed by atoms with Crippen LogP contribution in [0.4, 0.5) is 0 Å². The maximum Gasteiger partial charge on any atom is 0.322 e. The lowest BCUT2D eigenvalue weighted by Crippen LogP contribution is -2.30. The molecular weight excluding hydrogens is 214 g/mol. The Balaban J connectivity index is 4.11. The molecule has 0 heterocycles. The molecule has 3 N–H and O–H groups in total. The Bertz CT molecular complexity index is 319. The molecule has 0 bridgehead atoms. The number of nitrogens with one attached hydrogen (secondary N) is 2. The van der Waals surface area contributed by atoms with E-state index in [0.717, 1.165) is 0 Å². The molecule has 0 spiro atoms. The summed E-state index contributed by atoms with van der Waals surface area (Å²) in [6.45, 7) is 0.371. The summed E-state index contributed by atoms with van der Waals surface area (Å²) < 4.78 is 4.74. The van der Waals surface area contributed by atoms with Crippen LogP contribution in [0.15, 0.2) is 11.8 Å². The van der Waals surface area contributed by atoms with E-state index in [-0.39, 0.29) is 5.57 Å². The Morgan fingerprint density at radius 1 is 1.56 bits per heavy atom. The molecule has 0 radical (unpaired) electrons. The van der Waals surface area contributed by atoms with E-state index in [0.29, 0.717) is 13.2 Å². The van der Waals surface area contributed by atoms with Gasteiger partial charge in [0.2, 0.25) is 0 Å². The molecule has 0 atom stereocenters. The van der Waals surface area contributed by atoms with Gasteiger partial charge >= 0.3 is 5.97 Å². The minimum absolute atomic E-state index is 0.183. The van der Waals surface area contributed by atoms with Crippen molar-refractivity contribution in [2.75, 3.05) is 26.8 Å². The molecule has 16 heavy (non-hydrogen) atoms. The second-order valence-corrected chi connectivity index (χ2v) is 2.69. The van der Waals surface area contributed by atoms with Gasteiger partial charge < -0.3 is 20.5 Å². The van der Waals surface area contributed by atoms with Crippen molar-refractivity contribution in [2.24, 2.45) is 0 Å². The number of hydrogen-bond donors (Lipinski definition) is 3. The highest BCUT2D eigenvalue weighted by molar-refractivity contribution is 5.98. The molecule has 0 aliphatic carbocycles. The van der Waals surface area contributed by atoms with Crippen molar-refractivity contribution in [1.82, 2.24) is 10.6 Å². The average molecular weight is 227 g/mol. The molecule has 0 aromatic heterocycles. The van der Waals surface area contributed by atoms with Gasteiger partial charge in [-0.1, -0.05) is 0 Å². The number of nitrogens with zero attached hydrogens (tertiary/aromatic N) is 1. The molecule has 0 unspecified atom stereocenters. The minimum atomic E-state index is -1.17. The van der Waals surface area contributed by atoms with Crippen LogP contribution in [0, 0.1) is 11.3 Å². The SMILES string of the molecule is COCCN/C=C(/C#N)C(=O)NCC(=O)O. The lowest BCUT2D eigenvalue weighted by molar-refractivity contribution is -0.137. The topological polar surface area (TPSA) is 111 Å². The van der Waals surface area contributed by atoms with E-state index in [1.807, 2.05) is 0 Å². The van der Waals surface area contributed by atoms with Crippen molar-refractivity contribution in [3.05, 3.63) is 11.8 Å². The quantitative estimate of drug-likeness (QED) is 0.287. The van der Waals surface area contributed by atoms with Crippen LogP contribution in [0.3, 0.4) is 0 Å². The number of nitriles is 1. The fourth-order valence-electron chi connectivity index (χ4n) is 0.735. The molecular formula is C9H13N3O4. The molecule has 88 valence electrons. The van der Waals surface area contributed by atoms with Crippen LogP contribution in [-0.4, -0.2) is 43.8 Å². The van der Waals surface area contributed by atoms with Crippen LogP contribution in [0.2, 0.25) is 0 Å². The first-order valence-electron chi connectivity index (χ1n) is 4.44. The third kappa shape index (κ3) is 6.39. The van der Waals surface area contributed by atoms with E-state index in [1.165, 1.54) is 13.3 Å². The van der Waals surface area contributed by atoms with Crippen molar-refractivity contribution in [3.63, 3.8) is 0 Å². The zero-order chi connectivity index (χ0) is 12.4. The number of carbonyl (C=O) groups is 2. The van der Waals surface area contributed by atoms with Crippen LogP contribution in [0.1, 0.15) is 0 Å². The molecule has 0 rings (SSSR count). The second-order valence-electron chi connectivity index (χ2n) is 2.69. The minimum Gasteiger partial charge on any atom is -0.480 e. The first-order chi connectivity index (χ1) is 7.61. The predicted molar refractivity (Wildman–Crippen MR) is 54.2 cm³/mol. The fraction of sp³-hybridized carbons (Fsp3) is 0.444. The first-order valence-corrected chi connectivity index (χ1v) is 4.44. The summed E-state index contributed by atoms with van der Waals surface area (Å²) >= 11 is 0. The number of carbonyl (C=O) groups excluding carboxylic acids is 1. The zero-order valence-electron chi connectivity index (χ0n) is 8.82. The summed E-state index contributed by atoms with van der Waals surface area (Å²) in [6, 6.07) is 1.66. The lowest BCUT2D eigenvalue weighted by Gasteiger charge is -2.02. The highest BCUT2D eigenvalue weighted by atomic mass is 16.5. The summed E-state index contributed by atoms with van der Waals surface area (Å²) in [4.78, 5) is 21.4. The van der Waals surface area contributed by atoms with E-state index in [2.05, 4.69) is 10.6 Å². The highest BCUT2D eigenvalue weighted by Gasteiger charge is 2.09. The fourth-order valence-corrected chi connectivity index (χ4v) is 0.735. The third-order valence-electron chi connectivity index (χ3n) is 1.46. The van der Waals surface area contributed by atoms with Crippen molar-refractivity contribution >= 4 is 11.9 Å². The maximum atomic E-state index is 11.2. The van der Waals surface area contributed by atoms with Gasteiger partial charge in [-0.05, 0) is 0 Å². The van der Waals surface area contributed by atoms with Crippen molar-refractivity contribution in [2.45, 2.75) is 0 Å². The smallest absolute Gasteiger partial charge is 0.322 e. The largest absolute Gasteiger partial charge is 0.480 e. The van der Waals surface area contributed by atoms with Gasteiger partial charge in [0.25, 0.3) is 5.91 Å². The molecule has 0 fully saturated rings. The van der Waals surface area contributed by atoms with Crippen LogP contribution < -0.4 is 10.6 Å². The van der Waals surface area contributed by atoms with Gasteiger partial charge in [-0.3, -0.25) is 9.59 Å². The summed E-state index contributed by atoms with van der Waals surface area (Å²) in [6.07, 6.45) is 1.22. The molecule has 0 aliphatic heterocycles. The molecule has 7 nitrogen and oxygen atoms in total. The van der Waals surface area contributed by atoms with Crippen LogP contribution >= 0.6 is 0 Å². The number of methoxy groups -OCH3 is 1. The van der Waals surface area contributed by atoms with E-state index in [9.17, 15) is 9.59 Å². The van der Waals surface area contributed by atoms with Gasteiger partial charge in [0.05, 0.1) is 6.61 Å². The van der Waals surface area contributed by atoms with Crippen LogP contribution in [0.25, 0.3) is 0 Å². The normalized spacial score (nSPS) is 10.4. The van der Waals surface area contributed by atoms with E-state index in [4.69, 9.17) is 15.1 Å². The summed E-state index contributed by atoms with van der Waals surface area (Å²) in [5.41, 5.74) is -0.183. The monoisotopic (exact) mass is 227 g/mol. The highest BCUT2D eigenvalue weighted by Crippen LogP contribution is 1.89.